The van der Waals surface area contributed by atoms with Gasteiger partial charge in [-0.15, -0.1) is 0 Å². The molecule has 3 aromatic carbocycles. The van der Waals surface area contributed by atoms with Crippen LogP contribution in [0.15, 0.2) is 78.9 Å². The average Bonchev–Trinajstić information content (AvgIpc) is 2.93. The van der Waals surface area contributed by atoms with Crippen molar-refractivity contribution < 1.29 is 24.1 Å². The van der Waals surface area contributed by atoms with E-state index in [9.17, 15) is 29.3 Å². The van der Waals surface area contributed by atoms with Crippen LogP contribution in [0.25, 0.3) is 0 Å². The number of nitrogens with zero attached hydrogens (tertiary/aromatic N) is 1. The fraction of sp³-hybridized carbons (Fsp3) is 0.214. The number of nitrogens with one attached hydrogen (secondary N) is 4. The van der Waals surface area contributed by atoms with Gasteiger partial charge in [-0.2, -0.15) is 0 Å². The number of hydrogen-bond donors (Lipinski definition) is 5. The van der Waals surface area contributed by atoms with Crippen LogP contribution in [0, 0.1) is 10.1 Å². The van der Waals surface area contributed by atoms with Gasteiger partial charge in [-0.3, -0.25) is 34.6 Å². The van der Waals surface area contributed by atoms with Crippen LogP contribution in [-0.4, -0.2) is 46.7 Å². The molecule has 0 aliphatic heterocycles. The molecule has 0 spiro atoms. The predicted octanol–water partition coefficient (Wildman–Crippen LogP) is 2.17. The van der Waals surface area contributed by atoms with Crippen LogP contribution in [-0.2, 0) is 20.8 Å². The van der Waals surface area contributed by atoms with Gasteiger partial charge in [-0.1, -0.05) is 42.5 Å². The molecule has 0 saturated heterocycles. The summed E-state index contributed by atoms with van der Waals surface area (Å²) in [6.45, 7) is 2.85. The predicted molar refractivity (Wildman–Crippen MR) is 149 cm³/mol. The Balaban J connectivity index is 1.62. The molecule has 12 nitrogen and oxygen atoms in total. The minimum atomic E-state index is -1.10. The number of nitrogen functional groups attached to an aromatic ring is 1. The summed E-state index contributed by atoms with van der Waals surface area (Å²) in [7, 11) is 0. The molecule has 0 bridgehead atoms. The Morgan fingerprint density at radius 2 is 1.40 bits per heavy atom. The Morgan fingerprint density at radius 1 is 0.800 bits per heavy atom. The molecular weight excluding hydrogens is 516 g/mol. The largest absolute Gasteiger partial charge is 0.398 e. The fourth-order valence-electron chi connectivity index (χ4n) is 3.70. The van der Waals surface area contributed by atoms with E-state index in [2.05, 4.69) is 21.3 Å². The number of hydrogen-bond acceptors (Lipinski definition) is 8. The molecule has 4 amide bonds. The first-order chi connectivity index (χ1) is 19.0. The summed E-state index contributed by atoms with van der Waals surface area (Å²) in [5, 5.41) is 21.3. The van der Waals surface area contributed by atoms with Gasteiger partial charge < -0.3 is 21.7 Å². The highest BCUT2D eigenvalue weighted by Gasteiger charge is 2.26. The van der Waals surface area contributed by atoms with Crippen LogP contribution in [0.1, 0.15) is 29.8 Å². The lowest BCUT2D eigenvalue weighted by Gasteiger charge is -2.22. The van der Waals surface area contributed by atoms with Crippen LogP contribution < -0.4 is 27.0 Å². The van der Waals surface area contributed by atoms with E-state index in [0.717, 1.165) is 5.56 Å². The maximum atomic E-state index is 13.1. The van der Waals surface area contributed by atoms with E-state index in [-0.39, 0.29) is 23.4 Å². The van der Waals surface area contributed by atoms with Crippen molar-refractivity contribution in [2.45, 2.75) is 38.4 Å². The smallest absolute Gasteiger partial charge is 0.269 e. The Hall–Kier alpha value is -5.26. The summed E-state index contributed by atoms with van der Waals surface area (Å²) in [5.41, 5.74) is 7.42. The van der Waals surface area contributed by atoms with E-state index >= 15 is 0 Å². The second-order valence-electron chi connectivity index (χ2n) is 9.06. The molecule has 0 heterocycles. The third-order valence-corrected chi connectivity index (χ3v) is 5.96. The van der Waals surface area contributed by atoms with E-state index < -0.39 is 46.7 Å². The topological polar surface area (TPSA) is 186 Å². The van der Waals surface area contributed by atoms with E-state index in [1.807, 2.05) is 30.3 Å². The highest BCUT2D eigenvalue weighted by Crippen LogP contribution is 2.17. The number of nitrogens with two attached hydrogens (primary N) is 1. The molecule has 0 fully saturated rings. The lowest BCUT2D eigenvalue weighted by molar-refractivity contribution is -0.384. The Labute approximate surface area is 230 Å². The van der Waals surface area contributed by atoms with Gasteiger partial charge in [0.2, 0.25) is 17.7 Å². The molecule has 0 unspecified atom stereocenters. The summed E-state index contributed by atoms with van der Waals surface area (Å²) in [6, 6.07) is 18.0. The summed E-state index contributed by atoms with van der Waals surface area (Å²) in [5.74, 6) is -2.60. The number of amides is 4. The zero-order chi connectivity index (χ0) is 29.2. The van der Waals surface area contributed by atoms with Crippen molar-refractivity contribution in [2.24, 2.45) is 0 Å². The molecule has 0 saturated carbocycles. The van der Waals surface area contributed by atoms with Crippen molar-refractivity contribution in [3.8, 4) is 0 Å². The van der Waals surface area contributed by atoms with E-state index in [1.165, 1.54) is 44.2 Å². The molecule has 6 N–H and O–H groups in total. The first-order valence-electron chi connectivity index (χ1n) is 12.4. The van der Waals surface area contributed by atoms with Crippen LogP contribution in [0.2, 0.25) is 0 Å². The van der Waals surface area contributed by atoms with Gasteiger partial charge in [0, 0.05) is 29.9 Å². The minimum Gasteiger partial charge on any atom is -0.398 e. The Kier molecular flexibility index (Phi) is 9.90. The number of imide groups is 1. The monoisotopic (exact) mass is 546 g/mol. The number of nitro benzene ring substituents is 1. The molecule has 208 valence electrons. The summed E-state index contributed by atoms with van der Waals surface area (Å²) >= 11 is 0. The molecule has 0 aliphatic carbocycles. The molecule has 0 aromatic heterocycles. The Bertz CT molecular complexity index is 1380. The Morgan fingerprint density at radius 3 is 2.02 bits per heavy atom. The first kappa shape index (κ1) is 29.3. The second kappa shape index (κ2) is 13.5. The quantitative estimate of drug-likeness (QED) is 0.138. The highest BCUT2D eigenvalue weighted by atomic mass is 16.6. The first-order valence-corrected chi connectivity index (χ1v) is 12.4. The molecular formula is C28H30N6O6. The molecule has 3 aromatic rings. The van der Waals surface area contributed by atoms with Crippen molar-refractivity contribution in [2.75, 3.05) is 11.1 Å². The number of carbonyl (C=O) groups excluding carboxylic acids is 4. The van der Waals surface area contributed by atoms with Gasteiger partial charge in [0.05, 0.1) is 10.5 Å². The SMILES string of the molecule is C[C@H](NC(=O)c1ccccc1N)C(=O)N[C@@H](C)C(=O)NC(=O)[C@H](Cc1ccccc1)Nc1ccc([N+](=O)[O-])cc1. The van der Waals surface area contributed by atoms with Crippen molar-refractivity contribution in [3.05, 3.63) is 100 Å². The maximum absolute atomic E-state index is 13.1. The third kappa shape index (κ3) is 8.12. The maximum Gasteiger partial charge on any atom is 0.269 e. The number of rotatable bonds is 11. The third-order valence-electron chi connectivity index (χ3n) is 5.96. The second-order valence-corrected chi connectivity index (χ2v) is 9.06. The van der Waals surface area contributed by atoms with Crippen molar-refractivity contribution in [1.29, 1.82) is 0 Å². The standard InChI is InChI=1S/C28H30N6O6/c1-17(31-27(37)22-10-6-7-11-23(22)29)25(35)30-18(2)26(36)33-28(38)24(16-19-8-4-3-5-9-19)32-20-12-14-21(15-13-20)34(39)40/h3-15,17-18,24,32H,16,29H2,1-2H3,(H,30,35)(H,31,37)(H,33,36,38)/t17-,18-,24-/m0/s1. The van der Waals surface area contributed by atoms with E-state index in [4.69, 9.17) is 5.73 Å². The minimum absolute atomic E-state index is 0.105. The number of benzene rings is 3. The van der Waals surface area contributed by atoms with Crippen molar-refractivity contribution in [1.82, 2.24) is 16.0 Å². The number of carbonyl (C=O) groups is 4. The molecule has 0 radical (unpaired) electrons. The fourth-order valence-corrected chi connectivity index (χ4v) is 3.70. The normalized spacial score (nSPS) is 12.8. The molecule has 3 atom stereocenters. The van der Waals surface area contributed by atoms with Crippen LogP contribution in [0.5, 0.6) is 0 Å². The van der Waals surface area contributed by atoms with Crippen molar-refractivity contribution >= 4 is 40.7 Å². The summed E-state index contributed by atoms with van der Waals surface area (Å²) in [4.78, 5) is 61.3. The lowest BCUT2D eigenvalue weighted by Crippen LogP contribution is -2.54. The van der Waals surface area contributed by atoms with Gasteiger partial charge in [-0.25, -0.2) is 0 Å². The van der Waals surface area contributed by atoms with Gasteiger partial charge in [0.1, 0.15) is 18.1 Å². The van der Waals surface area contributed by atoms with E-state index in [1.54, 1.807) is 18.2 Å². The molecule has 0 aliphatic rings. The van der Waals surface area contributed by atoms with Gasteiger partial charge in [-0.05, 0) is 43.7 Å². The number of anilines is 2. The van der Waals surface area contributed by atoms with Crippen molar-refractivity contribution in [3.63, 3.8) is 0 Å². The van der Waals surface area contributed by atoms with Crippen LogP contribution in [0.3, 0.4) is 0 Å². The summed E-state index contributed by atoms with van der Waals surface area (Å²) in [6.07, 6.45) is 0.212. The zero-order valence-corrected chi connectivity index (χ0v) is 21.9. The number of nitro groups is 1. The van der Waals surface area contributed by atoms with Crippen LogP contribution >= 0.6 is 0 Å². The number of non-ortho nitro benzene ring substituents is 1. The zero-order valence-electron chi connectivity index (χ0n) is 21.9. The number of para-hydroxylation sites is 1. The highest BCUT2D eigenvalue weighted by molar-refractivity contribution is 6.03. The lowest BCUT2D eigenvalue weighted by atomic mass is 10.0. The van der Waals surface area contributed by atoms with Gasteiger partial charge in [0.15, 0.2) is 0 Å². The molecule has 12 heteroatoms. The molecule has 3 rings (SSSR count). The van der Waals surface area contributed by atoms with Gasteiger partial charge >= 0.3 is 0 Å². The average molecular weight is 547 g/mol. The molecule has 40 heavy (non-hydrogen) atoms. The van der Waals surface area contributed by atoms with Gasteiger partial charge in [0.25, 0.3) is 11.6 Å². The van der Waals surface area contributed by atoms with E-state index in [0.29, 0.717) is 5.69 Å². The summed E-state index contributed by atoms with van der Waals surface area (Å²) < 4.78 is 0. The van der Waals surface area contributed by atoms with Crippen LogP contribution in [0.4, 0.5) is 17.1 Å².